The molecule has 0 aromatic rings. The highest BCUT2D eigenvalue weighted by Gasteiger charge is 2.60. The maximum atomic E-state index is 13.1. The van der Waals surface area contributed by atoms with E-state index in [-0.39, 0.29) is 17.4 Å². The van der Waals surface area contributed by atoms with E-state index in [1.165, 1.54) is 50.3 Å². The summed E-state index contributed by atoms with van der Waals surface area (Å²) in [7, 11) is 0. The van der Waals surface area contributed by atoms with Crippen molar-refractivity contribution in [3.63, 3.8) is 0 Å². The minimum atomic E-state index is -0.750. The number of aliphatic hydroxyl groups is 2. The Morgan fingerprint density at radius 1 is 1.10 bits per heavy atom. The SMILES string of the molecule is C#CC(O)CSCC(=O)[C@H]1CC[C@H]2[C@@H]3CC[C@@H]4C[C@H](O)CC[C@]4(C)[C@H]3CC[C@]12C. The molecule has 29 heavy (non-hydrogen) atoms. The zero-order valence-corrected chi connectivity index (χ0v) is 18.9. The van der Waals surface area contributed by atoms with Crippen LogP contribution < -0.4 is 0 Å². The zero-order valence-electron chi connectivity index (χ0n) is 18.1. The van der Waals surface area contributed by atoms with Crippen LogP contribution in [0, 0.1) is 52.8 Å². The number of thioether (sulfide) groups is 1. The van der Waals surface area contributed by atoms with Gasteiger partial charge in [-0.3, -0.25) is 4.79 Å². The van der Waals surface area contributed by atoms with Gasteiger partial charge in [-0.15, -0.1) is 6.42 Å². The minimum Gasteiger partial charge on any atom is -0.393 e. The van der Waals surface area contributed by atoms with Crippen LogP contribution in [-0.4, -0.2) is 39.7 Å². The molecule has 0 heterocycles. The predicted octanol–water partition coefficient (Wildman–Crippen LogP) is 4.30. The number of aliphatic hydroxyl groups excluding tert-OH is 2. The summed E-state index contributed by atoms with van der Waals surface area (Å²) in [6.45, 7) is 4.93. The molecule has 4 aliphatic rings. The summed E-state index contributed by atoms with van der Waals surface area (Å²) in [5, 5.41) is 19.8. The number of rotatable bonds is 5. The first kappa shape index (κ1) is 21.7. The van der Waals surface area contributed by atoms with Gasteiger partial charge in [0, 0.05) is 11.7 Å². The molecule has 3 nitrogen and oxygen atoms in total. The molecule has 4 heteroatoms. The van der Waals surface area contributed by atoms with Crippen molar-refractivity contribution in [2.45, 2.75) is 83.8 Å². The highest BCUT2D eigenvalue weighted by Crippen LogP contribution is 2.67. The maximum Gasteiger partial charge on any atom is 0.146 e. The Bertz CT molecular complexity index is 671. The van der Waals surface area contributed by atoms with Gasteiger partial charge in [0.25, 0.3) is 0 Å². The van der Waals surface area contributed by atoms with Crippen molar-refractivity contribution >= 4 is 17.5 Å². The Balaban J connectivity index is 1.45. The molecule has 0 amide bonds. The summed E-state index contributed by atoms with van der Waals surface area (Å²) >= 11 is 1.49. The number of terminal acetylenes is 1. The van der Waals surface area contributed by atoms with Crippen molar-refractivity contribution in [3.8, 4) is 12.3 Å². The summed E-state index contributed by atoms with van der Waals surface area (Å²) in [5.41, 5.74) is 0.549. The average Bonchev–Trinajstić information content (AvgIpc) is 3.05. The fraction of sp³-hybridized carbons (Fsp3) is 0.880. The molecule has 0 radical (unpaired) electrons. The normalized spacial score (nSPS) is 47.4. The number of fused-ring (bicyclic) bond motifs is 5. The van der Waals surface area contributed by atoms with Gasteiger partial charge in [-0.05, 0) is 92.3 Å². The maximum absolute atomic E-state index is 13.1. The van der Waals surface area contributed by atoms with Crippen molar-refractivity contribution in [1.29, 1.82) is 0 Å². The minimum absolute atomic E-state index is 0.0857. The van der Waals surface area contributed by atoms with Crippen molar-refractivity contribution in [2.24, 2.45) is 40.4 Å². The Hall–Kier alpha value is -0.500. The molecule has 9 atom stereocenters. The summed E-state index contributed by atoms with van der Waals surface area (Å²) in [5.74, 6) is 6.74. The molecule has 4 rings (SSSR count). The van der Waals surface area contributed by atoms with Crippen molar-refractivity contribution in [1.82, 2.24) is 0 Å². The van der Waals surface area contributed by atoms with Crippen LogP contribution in [0.15, 0.2) is 0 Å². The van der Waals surface area contributed by atoms with Crippen LogP contribution in [0.2, 0.25) is 0 Å². The number of hydrogen-bond donors (Lipinski definition) is 2. The monoisotopic (exact) mass is 418 g/mol. The first-order valence-electron chi connectivity index (χ1n) is 11.7. The van der Waals surface area contributed by atoms with Gasteiger partial charge in [-0.2, -0.15) is 11.8 Å². The summed E-state index contributed by atoms with van der Waals surface area (Å²) < 4.78 is 0. The molecule has 0 aromatic carbocycles. The standard InChI is InChI=1S/C25H38O3S/c1-4-17(26)14-29-15-23(28)22-8-7-20-19-6-5-16-13-18(27)9-11-24(16,2)21(19)10-12-25(20,22)3/h1,16-22,26-27H,5-15H2,2-3H3/t16-,17?,18-,19+,20+,21+,22-,24+,25+/m1/s1. The molecule has 2 N–H and O–H groups in total. The van der Waals surface area contributed by atoms with E-state index in [1.807, 2.05) is 0 Å². The molecule has 4 aliphatic carbocycles. The quantitative estimate of drug-likeness (QED) is 0.654. The number of ketones is 1. The van der Waals surface area contributed by atoms with Crippen molar-refractivity contribution < 1.29 is 15.0 Å². The van der Waals surface area contributed by atoms with Crippen molar-refractivity contribution in [3.05, 3.63) is 0 Å². The molecule has 0 aliphatic heterocycles. The number of hydrogen-bond acceptors (Lipinski definition) is 4. The van der Waals surface area contributed by atoms with Gasteiger partial charge < -0.3 is 10.2 Å². The second-order valence-corrected chi connectivity index (χ2v) is 12.0. The highest BCUT2D eigenvalue weighted by molar-refractivity contribution is 8.00. The number of Topliss-reactive ketones (excluding diaryl/α,β-unsaturated/α-hetero) is 1. The third-order valence-electron chi connectivity index (χ3n) is 9.74. The van der Waals surface area contributed by atoms with Gasteiger partial charge in [-0.25, -0.2) is 0 Å². The molecule has 0 aromatic heterocycles. The molecule has 162 valence electrons. The van der Waals surface area contributed by atoms with Crippen LogP contribution in [0.25, 0.3) is 0 Å². The van der Waals surface area contributed by atoms with E-state index in [4.69, 9.17) is 6.42 Å². The fourth-order valence-corrected chi connectivity index (χ4v) is 9.02. The number of carbonyl (C=O) groups is 1. The van der Waals surface area contributed by atoms with Gasteiger partial charge in [0.15, 0.2) is 0 Å². The molecule has 4 fully saturated rings. The topological polar surface area (TPSA) is 57.5 Å². The Labute approximate surface area is 180 Å². The highest BCUT2D eigenvalue weighted by atomic mass is 32.2. The second kappa shape index (κ2) is 8.21. The largest absolute Gasteiger partial charge is 0.393 e. The van der Waals surface area contributed by atoms with Crippen LogP contribution in [0.4, 0.5) is 0 Å². The molecule has 4 saturated carbocycles. The fourth-order valence-electron chi connectivity index (χ4n) is 8.18. The molecule has 1 unspecified atom stereocenters. The van der Waals surface area contributed by atoms with Gasteiger partial charge in [-0.1, -0.05) is 19.8 Å². The van der Waals surface area contributed by atoms with E-state index in [2.05, 4.69) is 19.8 Å². The van der Waals surface area contributed by atoms with Crippen LogP contribution in [0.3, 0.4) is 0 Å². The molecular weight excluding hydrogens is 380 g/mol. The van der Waals surface area contributed by atoms with Crippen LogP contribution in [0.1, 0.15) is 71.6 Å². The lowest BCUT2D eigenvalue weighted by Gasteiger charge is -2.60. The lowest BCUT2D eigenvalue weighted by molar-refractivity contribution is -0.138. The Morgan fingerprint density at radius 3 is 2.59 bits per heavy atom. The zero-order chi connectivity index (χ0) is 20.8. The van der Waals surface area contributed by atoms with E-state index in [0.717, 1.165) is 31.1 Å². The smallest absolute Gasteiger partial charge is 0.146 e. The summed E-state index contributed by atoms with van der Waals surface area (Å²) in [6.07, 6.45) is 14.8. The van der Waals surface area contributed by atoms with Gasteiger partial charge in [0.2, 0.25) is 0 Å². The summed E-state index contributed by atoms with van der Waals surface area (Å²) in [4.78, 5) is 13.1. The van der Waals surface area contributed by atoms with Crippen LogP contribution >= 0.6 is 11.8 Å². The van der Waals surface area contributed by atoms with E-state index >= 15 is 0 Å². The first-order valence-corrected chi connectivity index (χ1v) is 12.9. The third-order valence-corrected chi connectivity index (χ3v) is 10.8. The summed E-state index contributed by atoms with van der Waals surface area (Å²) in [6, 6.07) is 0. The third kappa shape index (κ3) is 3.70. The second-order valence-electron chi connectivity index (χ2n) is 10.9. The van der Waals surface area contributed by atoms with E-state index in [1.54, 1.807) is 0 Å². The van der Waals surface area contributed by atoms with Gasteiger partial charge in [0.05, 0.1) is 11.9 Å². The molecule has 0 spiro atoms. The lowest BCUT2D eigenvalue weighted by Crippen LogP contribution is -2.54. The predicted molar refractivity (Wildman–Crippen MR) is 118 cm³/mol. The van der Waals surface area contributed by atoms with Crippen LogP contribution in [0.5, 0.6) is 0 Å². The van der Waals surface area contributed by atoms with Gasteiger partial charge in [0.1, 0.15) is 11.9 Å². The van der Waals surface area contributed by atoms with E-state index in [0.29, 0.717) is 34.5 Å². The van der Waals surface area contributed by atoms with Crippen molar-refractivity contribution in [2.75, 3.05) is 11.5 Å². The van der Waals surface area contributed by atoms with Gasteiger partial charge >= 0.3 is 0 Å². The van der Waals surface area contributed by atoms with Crippen LogP contribution in [-0.2, 0) is 4.79 Å². The average molecular weight is 419 g/mol. The Morgan fingerprint density at radius 2 is 1.83 bits per heavy atom. The molecule has 0 bridgehead atoms. The molecule has 0 saturated heterocycles. The Kier molecular flexibility index (Phi) is 6.15. The van der Waals surface area contributed by atoms with E-state index < -0.39 is 6.10 Å². The van der Waals surface area contributed by atoms with E-state index in [9.17, 15) is 15.0 Å². The lowest BCUT2D eigenvalue weighted by atomic mass is 9.44. The number of carbonyl (C=O) groups excluding carboxylic acids is 1. The first-order chi connectivity index (χ1) is 13.8. The molecular formula is C25H38O3S.